The Morgan fingerprint density at radius 1 is 1.25 bits per heavy atom. The molecule has 8 heteroatoms. The molecule has 0 atom stereocenters. The molecule has 4 rings (SSSR count). The number of non-ortho nitro benzene ring substituents is 1. The molecule has 0 saturated carbocycles. The van der Waals surface area contributed by atoms with E-state index in [4.69, 9.17) is 16.6 Å². The number of hydrogen-bond acceptors (Lipinski definition) is 4. The number of halogens is 1. The lowest BCUT2D eigenvalue weighted by Gasteiger charge is -2.31. The summed E-state index contributed by atoms with van der Waals surface area (Å²) >= 11 is 6.11. The van der Waals surface area contributed by atoms with E-state index in [1.807, 2.05) is 19.1 Å². The molecule has 0 radical (unpaired) electrons. The van der Waals surface area contributed by atoms with Crippen molar-refractivity contribution in [3.05, 3.63) is 68.5 Å². The number of nitro benzene ring substituents is 1. The average molecular weight is 399 g/mol. The van der Waals surface area contributed by atoms with E-state index in [1.54, 1.807) is 4.90 Å². The average Bonchev–Trinajstić information content (AvgIpc) is 3.11. The van der Waals surface area contributed by atoms with E-state index in [0.29, 0.717) is 13.1 Å². The van der Waals surface area contributed by atoms with Crippen molar-refractivity contribution in [3.8, 4) is 0 Å². The highest BCUT2D eigenvalue weighted by molar-refractivity contribution is 6.33. The molecule has 2 aromatic carbocycles. The summed E-state index contributed by atoms with van der Waals surface area (Å²) in [6, 6.07) is 10.1. The van der Waals surface area contributed by atoms with Crippen LogP contribution in [0.1, 0.15) is 40.5 Å². The molecule has 0 spiro atoms. The highest BCUT2D eigenvalue weighted by Crippen LogP contribution is 2.30. The summed E-state index contributed by atoms with van der Waals surface area (Å²) in [4.78, 5) is 33.1. The minimum Gasteiger partial charge on any atom is -0.342 e. The number of carbonyl (C=O) groups excluding carboxylic acids is 1. The summed E-state index contributed by atoms with van der Waals surface area (Å²) in [7, 11) is 0. The van der Waals surface area contributed by atoms with Crippen LogP contribution in [0, 0.1) is 17.0 Å². The van der Waals surface area contributed by atoms with Gasteiger partial charge >= 0.3 is 0 Å². The van der Waals surface area contributed by atoms with E-state index < -0.39 is 4.92 Å². The first-order valence-electron chi connectivity index (χ1n) is 9.12. The molecule has 144 valence electrons. The summed E-state index contributed by atoms with van der Waals surface area (Å²) in [5.74, 6) is 0.922. The molecule has 0 bridgehead atoms. The summed E-state index contributed by atoms with van der Waals surface area (Å²) < 4.78 is 0. The van der Waals surface area contributed by atoms with Crippen LogP contribution >= 0.6 is 11.6 Å². The van der Waals surface area contributed by atoms with E-state index in [2.05, 4.69) is 11.1 Å². The van der Waals surface area contributed by atoms with Crippen molar-refractivity contribution in [2.45, 2.75) is 25.7 Å². The molecular formula is C20H19ClN4O3. The van der Waals surface area contributed by atoms with Gasteiger partial charge in [-0.1, -0.05) is 17.7 Å². The molecule has 1 aromatic heterocycles. The second-order valence-corrected chi connectivity index (χ2v) is 7.54. The highest BCUT2D eigenvalue weighted by atomic mass is 35.5. The van der Waals surface area contributed by atoms with Gasteiger partial charge in [-0.05, 0) is 43.5 Å². The van der Waals surface area contributed by atoms with E-state index in [9.17, 15) is 14.9 Å². The number of likely N-dealkylation sites (tertiary alicyclic amines) is 1. The number of nitrogens with one attached hydrogen (secondary N) is 1. The zero-order valence-corrected chi connectivity index (χ0v) is 16.1. The first-order valence-corrected chi connectivity index (χ1v) is 9.49. The van der Waals surface area contributed by atoms with Gasteiger partial charge in [0.15, 0.2) is 0 Å². The van der Waals surface area contributed by atoms with Gasteiger partial charge in [0.25, 0.3) is 11.6 Å². The Kier molecular flexibility index (Phi) is 4.77. The number of benzene rings is 2. The Morgan fingerprint density at radius 3 is 2.71 bits per heavy atom. The molecule has 1 amide bonds. The third-order valence-electron chi connectivity index (χ3n) is 5.22. The van der Waals surface area contributed by atoms with Crippen LogP contribution in [0.25, 0.3) is 11.0 Å². The van der Waals surface area contributed by atoms with Crippen molar-refractivity contribution >= 4 is 34.2 Å². The van der Waals surface area contributed by atoms with E-state index >= 15 is 0 Å². The lowest BCUT2D eigenvalue weighted by atomic mass is 9.95. The maximum atomic E-state index is 12.8. The molecule has 0 unspecified atom stereocenters. The lowest BCUT2D eigenvalue weighted by molar-refractivity contribution is -0.384. The number of rotatable bonds is 3. The SMILES string of the molecule is Cc1ccc2nc(C3CCN(C(=O)c4cc([N+](=O)[O-])ccc4Cl)CC3)[nH]c2c1. The predicted molar refractivity (Wildman–Crippen MR) is 107 cm³/mol. The van der Waals surface area contributed by atoms with Gasteiger partial charge in [0.2, 0.25) is 0 Å². The second-order valence-electron chi connectivity index (χ2n) is 7.13. The summed E-state index contributed by atoms with van der Waals surface area (Å²) in [5, 5.41) is 11.2. The fraction of sp³-hybridized carbons (Fsp3) is 0.300. The Hall–Kier alpha value is -2.93. The number of imidazole rings is 1. The van der Waals surface area contributed by atoms with Crippen molar-refractivity contribution < 1.29 is 9.72 Å². The van der Waals surface area contributed by atoms with Crippen LogP contribution in [0.2, 0.25) is 5.02 Å². The minimum atomic E-state index is -0.525. The Bertz CT molecular complexity index is 1070. The van der Waals surface area contributed by atoms with Crippen molar-refractivity contribution in [1.29, 1.82) is 0 Å². The quantitative estimate of drug-likeness (QED) is 0.521. The van der Waals surface area contributed by atoms with Crippen LogP contribution in [0.15, 0.2) is 36.4 Å². The van der Waals surface area contributed by atoms with Crippen molar-refractivity contribution in [2.24, 2.45) is 0 Å². The number of piperidine rings is 1. The number of nitro groups is 1. The van der Waals surface area contributed by atoms with Crippen LogP contribution < -0.4 is 0 Å². The monoisotopic (exact) mass is 398 g/mol. The molecular weight excluding hydrogens is 380 g/mol. The Labute approximate surface area is 166 Å². The fourth-order valence-electron chi connectivity index (χ4n) is 3.65. The lowest BCUT2D eigenvalue weighted by Crippen LogP contribution is -2.38. The van der Waals surface area contributed by atoms with E-state index in [1.165, 1.54) is 23.8 Å². The number of amides is 1. The molecule has 1 fully saturated rings. The third kappa shape index (κ3) is 3.45. The molecule has 1 aliphatic rings. The second kappa shape index (κ2) is 7.24. The summed E-state index contributed by atoms with van der Waals surface area (Å²) in [6.07, 6.45) is 1.55. The zero-order valence-electron chi connectivity index (χ0n) is 15.3. The number of carbonyl (C=O) groups is 1. The van der Waals surface area contributed by atoms with Gasteiger partial charge in [0, 0.05) is 31.1 Å². The number of H-pyrrole nitrogens is 1. The first-order chi connectivity index (χ1) is 13.4. The Balaban J connectivity index is 1.48. The molecule has 2 heterocycles. The van der Waals surface area contributed by atoms with Gasteiger partial charge in [-0.3, -0.25) is 14.9 Å². The number of aromatic nitrogens is 2. The smallest absolute Gasteiger partial charge is 0.270 e. The topological polar surface area (TPSA) is 92.1 Å². The number of hydrogen-bond donors (Lipinski definition) is 1. The van der Waals surface area contributed by atoms with Crippen molar-refractivity contribution in [3.63, 3.8) is 0 Å². The van der Waals surface area contributed by atoms with Crippen LogP contribution in [-0.2, 0) is 0 Å². The zero-order chi connectivity index (χ0) is 19.8. The van der Waals surface area contributed by atoms with Gasteiger partial charge in [0.1, 0.15) is 5.82 Å². The summed E-state index contributed by atoms with van der Waals surface area (Å²) in [6.45, 7) is 3.15. The van der Waals surface area contributed by atoms with Gasteiger partial charge in [-0.25, -0.2) is 4.98 Å². The maximum absolute atomic E-state index is 12.8. The van der Waals surface area contributed by atoms with Crippen molar-refractivity contribution in [1.82, 2.24) is 14.9 Å². The van der Waals surface area contributed by atoms with E-state index in [-0.39, 0.29) is 28.1 Å². The number of aromatic amines is 1. The van der Waals surface area contributed by atoms with Gasteiger partial charge in [0.05, 0.1) is 26.5 Å². The van der Waals surface area contributed by atoms with Gasteiger partial charge < -0.3 is 9.88 Å². The predicted octanol–water partition coefficient (Wildman–Crippen LogP) is 4.45. The van der Waals surface area contributed by atoms with Gasteiger partial charge in [-0.2, -0.15) is 0 Å². The fourth-order valence-corrected chi connectivity index (χ4v) is 3.85. The Morgan fingerprint density at radius 2 is 2.00 bits per heavy atom. The maximum Gasteiger partial charge on any atom is 0.270 e. The number of fused-ring (bicyclic) bond motifs is 1. The number of aryl methyl sites for hydroxylation is 1. The molecule has 28 heavy (non-hydrogen) atoms. The first kappa shape index (κ1) is 18.4. The summed E-state index contributed by atoms with van der Waals surface area (Å²) in [5.41, 5.74) is 3.19. The third-order valence-corrected chi connectivity index (χ3v) is 5.55. The molecule has 7 nitrogen and oxygen atoms in total. The van der Waals surface area contributed by atoms with Crippen LogP contribution in [-0.4, -0.2) is 38.8 Å². The standard InChI is InChI=1S/C20H19ClN4O3/c1-12-2-5-17-18(10-12)23-19(22-17)13-6-8-24(9-7-13)20(26)15-11-14(25(27)28)3-4-16(15)21/h2-5,10-11,13H,6-9H2,1H3,(H,22,23). The highest BCUT2D eigenvalue weighted by Gasteiger charge is 2.28. The molecule has 1 aliphatic heterocycles. The number of nitrogens with zero attached hydrogens (tertiary/aromatic N) is 3. The minimum absolute atomic E-state index is 0.139. The van der Waals surface area contributed by atoms with Gasteiger partial charge in [-0.15, -0.1) is 0 Å². The van der Waals surface area contributed by atoms with Crippen LogP contribution in [0.5, 0.6) is 0 Å². The van der Waals surface area contributed by atoms with Crippen LogP contribution in [0.4, 0.5) is 5.69 Å². The molecule has 1 saturated heterocycles. The molecule has 1 N–H and O–H groups in total. The van der Waals surface area contributed by atoms with Crippen LogP contribution in [0.3, 0.4) is 0 Å². The molecule has 3 aromatic rings. The largest absolute Gasteiger partial charge is 0.342 e. The normalized spacial score (nSPS) is 15.1. The molecule has 0 aliphatic carbocycles. The van der Waals surface area contributed by atoms with E-state index in [0.717, 1.165) is 29.7 Å². The van der Waals surface area contributed by atoms with Crippen molar-refractivity contribution in [2.75, 3.05) is 13.1 Å².